The van der Waals surface area contributed by atoms with Crippen LogP contribution in [0.5, 0.6) is 0 Å². The first-order valence-corrected chi connectivity index (χ1v) is 8.80. The molecule has 0 aromatic heterocycles. The van der Waals surface area contributed by atoms with Crippen molar-refractivity contribution in [1.29, 1.82) is 0 Å². The number of anilines is 1. The van der Waals surface area contributed by atoms with Gasteiger partial charge in [0, 0.05) is 12.2 Å². The summed E-state index contributed by atoms with van der Waals surface area (Å²) in [4.78, 5) is 37.0. The van der Waals surface area contributed by atoms with Crippen LogP contribution in [0.4, 0.5) is 10.1 Å². The maximum absolute atomic E-state index is 13.8. The summed E-state index contributed by atoms with van der Waals surface area (Å²) in [5, 5.41) is 11.4. The molecule has 1 unspecified atom stereocenters. The van der Waals surface area contributed by atoms with Gasteiger partial charge in [0.15, 0.2) is 0 Å². The molecule has 0 spiro atoms. The highest BCUT2D eigenvalue weighted by atomic mass is 32.2. The maximum Gasteiger partial charge on any atom is 0.335 e. The van der Waals surface area contributed by atoms with Gasteiger partial charge in [-0.25, -0.2) is 9.18 Å². The predicted molar refractivity (Wildman–Crippen MR) is 89.5 cm³/mol. The minimum Gasteiger partial charge on any atom is -0.478 e. The average molecular weight is 354 g/mol. The van der Waals surface area contributed by atoms with Crippen molar-refractivity contribution in [2.45, 2.75) is 32.2 Å². The van der Waals surface area contributed by atoms with Crippen molar-refractivity contribution in [1.82, 2.24) is 4.90 Å². The molecule has 0 bridgehead atoms. The average Bonchev–Trinajstić information content (AvgIpc) is 3.04. The third-order valence-corrected chi connectivity index (χ3v) is 4.73. The molecule has 24 heavy (non-hydrogen) atoms. The van der Waals surface area contributed by atoms with E-state index in [9.17, 15) is 18.8 Å². The number of nitrogens with zero attached hydrogens (tertiary/aromatic N) is 1. The Hall–Kier alpha value is -2.09. The molecule has 2 amide bonds. The van der Waals surface area contributed by atoms with Crippen LogP contribution in [0.15, 0.2) is 18.2 Å². The lowest BCUT2D eigenvalue weighted by molar-refractivity contribution is -0.136. The number of carboxylic acid groups (broad SMARTS) is 1. The Morgan fingerprint density at radius 1 is 1.42 bits per heavy atom. The molecule has 0 saturated carbocycles. The van der Waals surface area contributed by atoms with E-state index in [4.69, 9.17) is 5.11 Å². The summed E-state index contributed by atoms with van der Waals surface area (Å²) in [6, 6.07) is 2.51. The number of carbonyl (C=O) groups is 3. The molecule has 8 heteroatoms. The van der Waals surface area contributed by atoms with Gasteiger partial charge in [-0.15, -0.1) is 11.8 Å². The fraction of sp³-hybridized carbons (Fsp3) is 0.438. The van der Waals surface area contributed by atoms with Crippen molar-refractivity contribution in [3.05, 3.63) is 29.6 Å². The molecule has 1 aliphatic heterocycles. The third kappa shape index (κ3) is 4.25. The summed E-state index contributed by atoms with van der Waals surface area (Å²) in [6.45, 7) is 1.98. The molecule has 6 nitrogen and oxygen atoms in total. The topological polar surface area (TPSA) is 86.7 Å². The highest BCUT2D eigenvalue weighted by Gasteiger charge is 2.34. The Bertz CT molecular complexity index is 653. The van der Waals surface area contributed by atoms with E-state index in [-0.39, 0.29) is 17.2 Å². The number of halogens is 1. The van der Waals surface area contributed by atoms with Gasteiger partial charge in [-0.1, -0.05) is 13.3 Å². The molecule has 0 radical (unpaired) electrons. The smallest absolute Gasteiger partial charge is 0.335 e. The predicted octanol–water partition coefficient (Wildman–Crippen LogP) is 2.55. The van der Waals surface area contributed by atoms with Crippen molar-refractivity contribution in [2.75, 3.05) is 16.9 Å². The molecule has 1 aromatic carbocycles. The molecule has 2 rings (SSSR count). The quantitative estimate of drug-likeness (QED) is 0.820. The molecule has 2 N–H and O–H groups in total. The van der Waals surface area contributed by atoms with Crippen molar-refractivity contribution >= 4 is 35.2 Å². The summed E-state index contributed by atoms with van der Waals surface area (Å²) in [5.74, 6) is -1.67. The minimum absolute atomic E-state index is 0.0956. The Balaban J connectivity index is 2.10. The zero-order valence-electron chi connectivity index (χ0n) is 13.3. The van der Waals surface area contributed by atoms with Crippen LogP contribution < -0.4 is 5.32 Å². The second kappa shape index (κ2) is 8.14. The summed E-state index contributed by atoms with van der Waals surface area (Å²) in [7, 11) is 0. The normalized spacial score (nSPS) is 16.9. The highest BCUT2D eigenvalue weighted by Crippen LogP contribution is 2.24. The number of hydrogen-bond donors (Lipinski definition) is 2. The van der Waals surface area contributed by atoms with Crippen LogP contribution in [0, 0.1) is 5.82 Å². The maximum atomic E-state index is 13.8. The summed E-state index contributed by atoms with van der Waals surface area (Å²) < 4.78 is 13.8. The number of hydrogen-bond acceptors (Lipinski definition) is 4. The molecular formula is C16H19FN2O4S. The monoisotopic (exact) mass is 354 g/mol. The molecule has 0 aliphatic carbocycles. The highest BCUT2D eigenvalue weighted by molar-refractivity contribution is 7.99. The number of benzene rings is 1. The van der Waals surface area contributed by atoms with E-state index in [1.807, 2.05) is 6.92 Å². The number of unbranched alkanes of at least 4 members (excludes halogenated alkanes) is 1. The van der Waals surface area contributed by atoms with Crippen molar-refractivity contribution in [3.8, 4) is 0 Å². The van der Waals surface area contributed by atoms with E-state index in [0.717, 1.165) is 31.0 Å². The molecule has 1 aromatic rings. The van der Waals surface area contributed by atoms with Gasteiger partial charge in [0.1, 0.15) is 11.9 Å². The first-order chi connectivity index (χ1) is 11.4. The Labute approximate surface area is 143 Å². The van der Waals surface area contributed by atoms with Gasteiger partial charge in [-0.3, -0.25) is 9.59 Å². The van der Waals surface area contributed by atoms with Crippen LogP contribution in [0.2, 0.25) is 0 Å². The van der Waals surface area contributed by atoms with Gasteiger partial charge in [0.2, 0.25) is 11.8 Å². The number of rotatable bonds is 6. The lowest BCUT2D eigenvalue weighted by Crippen LogP contribution is -2.44. The minimum atomic E-state index is -1.21. The van der Waals surface area contributed by atoms with Crippen molar-refractivity contribution in [2.24, 2.45) is 0 Å². The fourth-order valence-electron chi connectivity index (χ4n) is 2.35. The van der Waals surface area contributed by atoms with Gasteiger partial charge in [0.05, 0.1) is 17.1 Å². The Kier molecular flexibility index (Phi) is 6.19. The first-order valence-electron chi connectivity index (χ1n) is 7.65. The number of aromatic carboxylic acids is 1. The van der Waals surface area contributed by atoms with Crippen LogP contribution in [0.1, 0.15) is 36.5 Å². The van der Waals surface area contributed by atoms with E-state index in [2.05, 4.69) is 5.32 Å². The lowest BCUT2D eigenvalue weighted by Gasteiger charge is -2.23. The van der Waals surface area contributed by atoms with Crippen molar-refractivity contribution < 1.29 is 23.9 Å². The second-order valence-electron chi connectivity index (χ2n) is 5.47. The van der Waals surface area contributed by atoms with Crippen LogP contribution in [0.3, 0.4) is 0 Å². The van der Waals surface area contributed by atoms with Gasteiger partial charge in [-0.2, -0.15) is 0 Å². The largest absolute Gasteiger partial charge is 0.478 e. The summed E-state index contributed by atoms with van der Waals surface area (Å²) in [5.41, 5.74) is -0.318. The first kappa shape index (κ1) is 18.3. The SMILES string of the molecule is CCCCC(=O)N1CSCC1C(=O)Nc1cc(C(=O)O)ccc1F. The molecule has 1 aliphatic rings. The second-order valence-corrected chi connectivity index (χ2v) is 6.47. The number of amides is 2. The third-order valence-electron chi connectivity index (χ3n) is 3.72. The van der Waals surface area contributed by atoms with Crippen molar-refractivity contribution in [3.63, 3.8) is 0 Å². The van der Waals surface area contributed by atoms with Crippen LogP contribution >= 0.6 is 11.8 Å². The zero-order valence-corrected chi connectivity index (χ0v) is 14.1. The molecule has 1 atom stereocenters. The molecule has 1 heterocycles. The summed E-state index contributed by atoms with van der Waals surface area (Å²) in [6.07, 6.45) is 2.02. The van der Waals surface area contributed by atoms with E-state index in [0.29, 0.717) is 18.1 Å². The van der Waals surface area contributed by atoms with Crippen LogP contribution in [-0.4, -0.2) is 45.5 Å². The molecular weight excluding hydrogens is 335 g/mol. The standard InChI is InChI=1S/C16H19FN2O4S/c1-2-3-4-14(20)19-9-24-8-13(19)15(21)18-12-7-10(16(22)23)5-6-11(12)17/h5-7,13H,2-4,8-9H2,1H3,(H,18,21)(H,22,23). The number of nitrogens with one attached hydrogen (secondary N) is 1. The fourth-order valence-corrected chi connectivity index (χ4v) is 3.53. The Morgan fingerprint density at radius 3 is 2.83 bits per heavy atom. The van der Waals surface area contributed by atoms with E-state index >= 15 is 0 Å². The Morgan fingerprint density at radius 2 is 2.17 bits per heavy atom. The molecule has 1 saturated heterocycles. The van der Waals surface area contributed by atoms with Crippen LogP contribution in [0.25, 0.3) is 0 Å². The number of carboxylic acids is 1. The number of thioether (sulfide) groups is 1. The van der Waals surface area contributed by atoms with Gasteiger partial charge < -0.3 is 15.3 Å². The van der Waals surface area contributed by atoms with Gasteiger partial charge in [0.25, 0.3) is 0 Å². The summed E-state index contributed by atoms with van der Waals surface area (Å²) >= 11 is 1.46. The number of carbonyl (C=O) groups excluding carboxylic acids is 2. The molecule has 1 fully saturated rings. The molecule has 130 valence electrons. The van der Waals surface area contributed by atoms with E-state index in [1.165, 1.54) is 16.7 Å². The zero-order chi connectivity index (χ0) is 17.7. The van der Waals surface area contributed by atoms with Gasteiger partial charge in [-0.05, 0) is 24.6 Å². The van der Waals surface area contributed by atoms with Crippen LogP contribution in [-0.2, 0) is 9.59 Å². The lowest BCUT2D eigenvalue weighted by atomic mass is 10.1. The van der Waals surface area contributed by atoms with E-state index < -0.39 is 23.7 Å². The van der Waals surface area contributed by atoms with Gasteiger partial charge >= 0.3 is 5.97 Å². The van der Waals surface area contributed by atoms with E-state index in [1.54, 1.807) is 0 Å².